The summed E-state index contributed by atoms with van der Waals surface area (Å²) in [7, 11) is 0. The van der Waals surface area contributed by atoms with Crippen molar-refractivity contribution in [1.29, 1.82) is 0 Å². The molecule has 0 N–H and O–H groups in total. The average molecular weight is 386 g/mol. The average Bonchev–Trinajstić information content (AvgIpc) is 3.35. The van der Waals surface area contributed by atoms with Crippen LogP contribution in [0.5, 0.6) is 0 Å². The minimum Gasteiger partial charge on any atom is -0.355 e. The van der Waals surface area contributed by atoms with Gasteiger partial charge in [-0.3, -0.25) is 0 Å². The Morgan fingerprint density at radius 2 is 1.68 bits per heavy atom. The molecule has 0 spiro atoms. The van der Waals surface area contributed by atoms with Crippen LogP contribution in [0.2, 0.25) is 5.02 Å². The van der Waals surface area contributed by atoms with E-state index >= 15 is 0 Å². The number of benzene rings is 3. The lowest BCUT2D eigenvalue weighted by molar-refractivity contribution is 0.441. The van der Waals surface area contributed by atoms with Gasteiger partial charge in [0, 0.05) is 11.1 Å². The van der Waals surface area contributed by atoms with Crippen LogP contribution in [0.25, 0.3) is 39.2 Å². The van der Waals surface area contributed by atoms with Gasteiger partial charge in [-0.1, -0.05) is 64.8 Å². The normalized spacial score (nSPS) is 11.2. The second kappa shape index (κ2) is 6.66. The van der Waals surface area contributed by atoms with Gasteiger partial charge in [-0.25, -0.2) is 4.68 Å². The van der Waals surface area contributed by atoms with Crippen LogP contribution in [0.4, 0.5) is 0 Å². The molecule has 5 aromatic rings. The zero-order valence-corrected chi connectivity index (χ0v) is 15.9. The van der Waals surface area contributed by atoms with Crippen molar-refractivity contribution in [1.82, 2.24) is 14.9 Å². The Morgan fingerprint density at radius 3 is 2.50 bits per heavy atom. The molecular formula is C23H16ClN3O. The molecule has 136 valence electrons. The third kappa shape index (κ3) is 2.79. The Bertz CT molecular complexity index is 1280. The third-order valence-electron chi connectivity index (χ3n) is 4.81. The van der Waals surface area contributed by atoms with E-state index in [1.165, 1.54) is 5.56 Å². The molecule has 0 radical (unpaired) electrons. The molecule has 4 nitrogen and oxygen atoms in total. The maximum absolute atomic E-state index is 6.38. The molecule has 0 aliphatic carbocycles. The number of halogens is 1. The van der Waals surface area contributed by atoms with Crippen LogP contribution < -0.4 is 0 Å². The summed E-state index contributed by atoms with van der Waals surface area (Å²) in [5.41, 5.74) is 5.84. The number of para-hydroxylation sites is 1. The third-order valence-corrected chi connectivity index (χ3v) is 5.13. The van der Waals surface area contributed by atoms with E-state index in [4.69, 9.17) is 16.1 Å². The Balaban J connectivity index is 1.66. The molecule has 5 heteroatoms. The molecule has 0 saturated heterocycles. The second-order valence-corrected chi connectivity index (χ2v) is 7.10. The standard InChI is InChI=1S/C23H16ClN3O/c1-15-6-8-16(9-7-15)23-18-14-17(10-11-20(18)26-28-23)21-12-13-25-27(21)22-5-3-2-4-19(22)24/h2-14H,1H3. The van der Waals surface area contributed by atoms with Gasteiger partial charge in [-0.2, -0.15) is 5.10 Å². The number of hydrogen-bond donors (Lipinski definition) is 0. The second-order valence-electron chi connectivity index (χ2n) is 6.69. The summed E-state index contributed by atoms with van der Waals surface area (Å²) < 4.78 is 7.50. The highest BCUT2D eigenvalue weighted by Gasteiger charge is 2.15. The Hall–Kier alpha value is -3.37. The fourth-order valence-corrected chi connectivity index (χ4v) is 3.57. The maximum Gasteiger partial charge on any atom is 0.174 e. The topological polar surface area (TPSA) is 43.9 Å². The molecule has 0 atom stereocenters. The fourth-order valence-electron chi connectivity index (χ4n) is 3.35. The molecule has 0 saturated carbocycles. The molecule has 0 fully saturated rings. The first kappa shape index (κ1) is 16.8. The Kier molecular flexibility index (Phi) is 3.99. The van der Waals surface area contributed by atoms with Crippen molar-refractivity contribution < 1.29 is 4.52 Å². The predicted molar refractivity (Wildman–Crippen MR) is 112 cm³/mol. The Labute approximate surface area is 167 Å². The molecule has 5 rings (SSSR count). The largest absolute Gasteiger partial charge is 0.355 e. The smallest absolute Gasteiger partial charge is 0.174 e. The molecule has 0 bridgehead atoms. The monoisotopic (exact) mass is 385 g/mol. The van der Waals surface area contributed by atoms with Crippen LogP contribution in [0.3, 0.4) is 0 Å². The molecule has 28 heavy (non-hydrogen) atoms. The molecule has 0 unspecified atom stereocenters. The first-order valence-corrected chi connectivity index (χ1v) is 9.34. The van der Waals surface area contributed by atoms with E-state index in [-0.39, 0.29) is 0 Å². The zero-order chi connectivity index (χ0) is 19.1. The maximum atomic E-state index is 6.38. The molecular weight excluding hydrogens is 370 g/mol. The highest BCUT2D eigenvalue weighted by atomic mass is 35.5. The van der Waals surface area contributed by atoms with E-state index in [1.807, 2.05) is 47.1 Å². The first-order valence-electron chi connectivity index (χ1n) is 8.96. The van der Waals surface area contributed by atoms with Crippen LogP contribution in [-0.2, 0) is 0 Å². The van der Waals surface area contributed by atoms with Gasteiger partial charge in [-0.05, 0) is 37.3 Å². The molecule has 3 aromatic carbocycles. The predicted octanol–water partition coefficient (Wildman–Crippen LogP) is 6.31. The van der Waals surface area contributed by atoms with Crippen molar-refractivity contribution in [2.75, 3.05) is 0 Å². The lowest BCUT2D eigenvalue weighted by atomic mass is 10.0. The van der Waals surface area contributed by atoms with Crippen molar-refractivity contribution >= 4 is 22.5 Å². The molecule has 0 aliphatic rings. The SMILES string of the molecule is Cc1ccc(-c2onc3ccc(-c4ccnn4-c4ccccc4Cl)cc23)cc1. The van der Waals surface area contributed by atoms with Crippen molar-refractivity contribution in [3.8, 4) is 28.3 Å². The van der Waals surface area contributed by atoms with Crippen molar-refractivity contribution in [2.24, 2.45) is 0 Å². The van der Waals surface area contributed by atoms with E-state index in [9.17, 15) is 0 Å². The lowest BCUT2D eigenvalue weighted by Gasteiger charge is -2.09. The summed E-state index contributed by atoms with van der Waals surface area (Å²) >= 11 is 6.38. The van der Waals surface area contributed by atoms with Gasteiger partial charge in [0.05, 0.1) is 28.0 Å². The van der Waals surface area contributed by atoms with Gasteiger partial charge in [0.1, 0.15) is 5.52 Å². The quantitative estimate of drug-likeness (QED) is 0.365. The van der Waals surface area contributed by atoms with Crippen LogP contribution in [0.1, 0.15) is 5.56 Å². The molecule has 2 heterocycles. The summed E-state index contributed by atoms with van der Waals surface area (Å²) in [5.74, 6) is 0.764. The van der Waals surface area contributed by atoms with Crippen LogP contribution in [0, 0.1) is 6.92 Å². The number of fused-ring (bicyclic) bond motifs is 1. The molecule has 0 aliphatic heterocycles. The van der Waals surface area contributed by atoms with E-state index < -0.39 is 0 Å². The number of aromatic nitrogens is 3. The summed E-state index contributed by atoms with van der Waals surface area (Å²) in [4.78, 5) is 0. The lowest BCUT2D eigenvalue weighted by Crippen LogP contribution is -1.99. The summed E-state index contributed by atoms with van der Waals surface area (Å²) in [6.45, 7) is 2.07. The van der Waals surface area contributed by atoms with E-state index in [0.29, 0.717) is 5.02 Å². The summed E-state index contributed by atoms with van der Waals surface area (Å²) in [5, 5.41) is 10.3. The zero-order valence-electron chi connectivity index (χ0n) is 15.1. The number of hydrogen-bond acceptors (Lipinski definition) is 3. The van der Waals surface area contributed by atoms with E-state index in [1.54, 1.807) is 6.20 Å². The van der Waals surface area contributed by atoms with Crippen molar-refractivity contribution in [3.63, 3.8) is 0 Å². The van der Waals surface area contributed by atoms with Gasteiger partial charge in [0.2, 0.25) is 0 Å². The highest BCUT2D eigenvalue weighted by molar-refractivity contribution is 6.32. The Morgan fingerprint density at radius 1 is 0.893 bits per heavy atom. The van der Waals surface area contributed by atoms with E-state index in [2.05, 4.69) is 47.5 Å². The minimum atomic E-state index is 0.652. The highest BCUT2D eigenvalue weighted by Crippen LogP contribution is 2.33. The van der Waals surface area contributed by atoms with Crippen molar-refractivity contribution in [3.05, 3.63) is 89.6 Å². The summed E-state index contributed by atoms with van der Waals surface area (Å²) in [6.07, 6.45) is 1.78. The first-order chi connectivity index (χ1) is 13.7. The van der Waals surface area contributed by atoms with Gasteiger partial charge < -0.3 is 4.52 Å². The van der Waals surface area contributed by atoms with Crippen LogP contribution in [-0.4, -0.2) is 14.9 Å². The number of rotatable bonds is 3. The minimum absolute atomic E-state index is 0.652. The number of aryl methyl sites for hydroxylation is 1. The van der Waals surface area contributed by atoms with Crippen molar-refractivity contribution in [2.45, 2.75) is 6.92 Å². The van der Waals surface area contributed by atoms with Crippen LogP contribution >= 0.6 is 11.6 Å². The number of nitrogens with zero attached hydrogens (tertiary/aromatic N) is 3. The van der Waals surface area contributed by atoms with Gasteiger partial charge >= 0.3 is 0 Å². The summed E-state index contributed by atoms with van der Waals surface area (Å²) in [6, 6.07) is 24.0. The van der Waals surface area contributed by atoms with Gasteiger partial charge in [-0.15, -0.1) is 0 Å². The fraction of sp³-hybridized carbons (Fsp3) is 0.0435. The van der Waals surface area contributed by atoms with Crippen LogP contribution in [0.15, 0.2) is 83.5 Å². The van der Waals surface area contributed by atoms with Gasteiger partial charge in [0.15, 0.2) is 5.76 Å². The van der Waals surface area contributed by atoms with Gasteiger partial charge in [0.25, 0.3) is 0 Å². The molecule has 2 aromatic heterocycles. The molecule has 0 amide bonds. The van der Waals surface area contributed by atoms with E-state index in [0.717, 1.165) is 39.2 Å².